The summed E-state index contributed by atoms with van der Waals surface area (Å²) in [5.41, 5.74) is 3.57. The summed E-state index contributed by atoms with van der Waals surface area (Å²) >= 11 is 5.92. The maximum absolute atomic E-state index is 5.92. The lowest BCUT2D eigenvalue weighted by Gasteiger charge is -2.17. The van der Waals surface area contributed by atoms with E-state index < -0.39 is 0 Å². The Kier molecular flexibility index (Phi) is 4.61. The number of hydrogen-bond acceptors (Lipinski definition) is 2. The Morgan fingerprint density at radius 3 is 2.58 bits per heavy atom. The number of aromatic nitrogens is 2. The first-order valence-corrected chi connectivity index (χ1v) is 6.98. The van der Waals surface area contributed by atoms with E-state index in [2.05, 4.69) is 40.2 Å². The van der Waals surface area contributed by atoms with Crippen LogP contribution in [0.3, 0.4) is 0 Å². The summed E-state index contributed by atoms with van der Waals surface area (Å²) in [4.78, 5) is 0. The summed E-state index contributed by atoms with van der Waals surface area (Å²) in [6.45, 7) is 5.04. The van der Waals surface area contributed by atoms with Crippen molar-refractivity contribution in [3.8, 4) is 0 Å². The average molecular weight is 278 g/mol. The van der Waals surface area contributed by atoms with Gasteiger partial charge in [0.05, 0.1) is 17.4 Å². The number of nitrogens with zero attached hydrogens (tertiary/aromatic N) is 2. The first-order chi connectivity index (χ1) is 9.13. The molecular formula is C15H20ClN3. The topological polar surface area (TPSA) is 29.9 Å². The lowest BCUT2D eigenvalue weighted by atomic mass is 10.0. The van der Waals surface area contributed by atoms with Gasteiger partial charge in [0, 0.05) is 11.6 Å². The highest BCUT2D eigenvalue weighted by Gasteiger charge is 2.15. The molecule has 0 bridgehead atoms. The van der Waals surface area contributed by atoms with Crippen LogP contribution in [0.2, 0.25) is 5.02 Å². The molecule has 19 heavy (non-hydrogen) atoms. The fourth-order valence-electron chi connectivity index (χ4n) is 2.31. The molecule has 4 heteroatoms. The first-order valence-electron chi connectivity index (χ1n) is 6.60. The van der Waals surface area contributed by atoms with Gasteiger partial charge in [-0.15, -0.1) is 0 Å². The molecular weight excluding hydrogens is 258 g/mol. The molecule has 0 radical (unpaired) electrons. The van der Waals surface area contributed by atoms with Crippen molar-refractivity contribution < 1.29 is 0 Å². The highest BCUT2D eigenvalue weighted by Crippen LogP contribution is 2.20. The quantitative estimate of drug-likeness (QED) is 0.908. The van der Waals surface area contributed by atoms with Crippen molar-refractivity contribution in [2.45, 2.75) is 32.9 Å². The van der Waals surface area contributed by atoms with Crippen LogP contribution in [-0.4, -0.2) is 16.8 Å². The zero-order valence-electron chi connectivity index (χ0n) is 11.7. The van der Waals surface area contributed by atoms with Crippen LogP contribution >= 0.6 is 11.6 Å². The number of rotatable bonds is 5. The van der Waals surface area contributed by atoms with Gasteiger partial charge in [-0.05, 0) is 51.1 Å². The largest absolute Gasteiger partial charge is 0.311 e. The SMILES string of the molecule is CCn1nc(C)cc1C(Cc1ccc(Cl)cc1)NC. The standard InChI is InChI=1S/C15H20ClN3/c1-4-19-15(9-11(2)18-19)14(17-3)10-12-5-7-13(16)8-6-12/h5-9,14,17H,4,10H2,1-3H3. The molecule has 1 aromatic heterocycles. The Bertz CT molecular complexity index is 531. The van der Waals surface area contributed by atoms with Gasteiger partial charge in [-0.1, -0.05) is 23.7 Å². The fraction of sp³-hybridized carbons (Fsp3) is 0.400. The first kappa shape index (κ1) is 14.1. The number of halogens is 1. The third-order valence-electron chi connectivity index (χ3n) is 3.29. The van der Waals surface area contributed by atoms with Crippen molar-refractivity contribution >= 4 is 11.6 Å². The van der Waals surface area contributed by atoms with E-state index in [4.69, 9.17) is 11.6 Å². The summed E-state index contributed by atoms with van der Waals surface area (Å²) in [5, 5.41) is 8.66. The molecule has 1 atom stereocenters. The van der Waals surface area contributed by atoms with E-state index in [1.807, 2.05) is 26.1 Å². The molecule has 0 aliphatic heterocycles. The van der Waals surface area contributed by atoms with E-state index in [1.165, 1.54) is 11.3 Å². The monoisotopic (exact) mass is 277 g/mol. The number of likely N-dealkylation sites (N-methyl/N-ethyl adjacent to an activating group) is 1. The van der Waals surface area contributed by atoms with Crippen molar-refractivity contribution in [3.05, 3.63) is 52.3 Å². The van der Waals surface area contributed by atoms with E-state index in [1.54, 1.807) is 0 Å². The maximum atomic E-state index is 5.92. The zero-order valence-corrected chi connectivity index (χ0v) is 12.4. The Balaban J connectivity index is 2.22. The zero-order chi connectivity index (χ0) is 13.8. The van der Waals surface area contributed by atoms with Crippen molar-refractivity contribution in [1.29, 1.82) is 0 Å². The summed E-state index contributed by atoms with van der Waals surface area (Å²) in [7, 11) is 1.99. The van der Waals surface area contributed by atoms with Crippen molar-refractivity contribution in [2.75, 3.05) is 7.05 Å². The molecule has 0 aliphatic rings. The van der Waals surface area contributed by atoms with Crippen LogP contribution < -0.4 is 5.32 Å². The highest BCUT2D eigenvalue weighted by molar-refractivity contribution is 6.30. The second-order valence-electron chi connectivity index (χ2n) is 4.70. The summed E-state index contributed by atoms with van der Waals surface area (Å²) < 4.78 is 2.06. The maximum Gasteiger partial charge on any atom is 0.0597 e. The van der Waals surface area contributed by atoms with Crippen LogP contribution in [0.5, 0.6) is 0 Å². The van der Waals surface area contributed by atoms with E-state index >= 15 is 0 Å². The summed E-state index contributed by atoms with van der Waals surface area (Å²) in [6.07, 6.45) is 0.929. The van der Waals surface area contributed by atoms with Gasteiger partial charge in [-0.25, -0.2) is 0 Å². The predicted molar refractivity (Wildman–Crippen MR) is 79.6 cm³/mol. The van der Waals surface area contributed by atoms with Gasteiger partial charge >= 0.3 is 0 Å². The third-order valence-corrected chi connectivity index (χ3v) is 3.54. The minimum Gasteiger partial charge on any atom is -0.311 e. The lowest BCUT2D eigenvalue weighted by molar-refractivity contribution is 0.512. The van der Waals surface area contributed by atoms with Crippen LogP contribution in [-0.2, 0) is 13.0 Å². The number of nitrogens with one attached hydrogen (secondary N) is 1. The molecule has 0 saturated carbocycles. The molecule has 1 unspecified atom stereocenters. The highest BCUT2D eigenvalue weighted by atomic mass is 35.5. The van der Waals surface area contributed by atoms with Crippen LogP contribution in [0.15, 0.2) is 30.3 Å². The van der Waals surface area contributed by atoms with Crippen LogP contribution in [0.4, 0.5) is 0 Å². The minimum absolute atomic E-state index is 0.266. The molecule has 0 spiro atoms. The second kappa shape index (κ2) is 6.22. The van der Waals surface area contributed by atoms with Gasteiger partial charge in [0.1, 0.15) is 0 Å². The van der Waals surface area contributed by atoms with E-state index in [0.717, 1.165) is 23.7 Å². The third kappa shape index (κ3) is 3.37. The summed E-state index contributed by atoms with van der Waals surface area (Å²) in [5.74, 6) is 0. The average Bonchev–Trinajstić information content (AvgIpc) is 2.79. The Labute approximate surface area is 119 Å². The van der Waals surface area contributed by atoms with Crippen molar-refractivity contribution in [1.82, 2.24) is 15.1 Å². The molecule has 1 N–H and O–H groups in total. The lowest BCUT2D eigenvalue weighted by Crippen LogP contribution is -2.22. The van der Waals surface area contributed by atoms with Gasteiger partial charge in [0.15, 0.2) is 0 Å². The molecule has 1 aromatic carbocycles. The van der Waals surface area contributed by atoms with Crippen LogP contribution in [0.25, 0.3) is 0 Å². The van der Waals surface area contributed by atoms with Gasteiger partial charge in [-0.2, -0.15) is 5.10 Å². The fourth-order valence-corrected chi connectivity index (χ4v) is 2.44. The smallest absolute Gasteiger partial charge is 0.0597 e. The normalized spacial score (nSPS) is 12.6. The molecule has 2 rings (SSSR count). The van der Waals surface area contributed by atoms with Crippen molar-refractivity contribution in [2.24, 2.45) is 0 Å². The molecule has 2 aromatic rings. The molecule has 0 aliphatic carbocycles. The van der Waals surface area contributed by atoms with Crippen molar-refractivity contribution in [3.63, 3.8) is 0 Å². The molecule has 3 nitrogen and oxygen atoms in total. The van der Waals surface area contributed by atoms with Gasteiger partial charge in [0.2, 0.25) is 0 Å². The van der Waals surface area contributed by atoms with Gasteiger partial charge in [0.25, 0.3) is 0 Å². The molecule has 102 valence electrons. The predicted octanol–water partition coefficient (Wildman–Crippen LogP) is 3.37. The van der Waals surface area contributed by atoms with Gasteiger partial charge in [-0.3, -0.25) is 4.68 Å². The second-order valence-corrected chi connectivity index (χ2v) is 5.13. The van der Waals surface area contributed by atoms with E-state index in [-0.39, 0.29) is 6.04 Å². The molecule has 1 heterocycles. The van der Waals surface area contributed by atoms with E-state index in [0.29, 0.717) is 0 Å². The Hall–Kier alpha value is -1.32. The number of benzene rings is 1. The Morgan fingerprint density at radius 1 is 1.32 bits per heavy atom. The number of aryl methyl sites for hydroxylation is 2. The molecule has 0 fully saturated rings. The minimum atomic E-state index is 0.266. The number of hydrogen-bond donors (Lipinski definition) is 1. The summed E-state index contributed by atoms with van der Waals surface area (Å²) in [6, 6.07) is 10.4. The molecule has 0 saturated heterocycles. The Morgan fingerprint density at radius 2 is 2.00 bits per heavy atom. The molecule has 0 amide bonds. The van der Waals surface area contributed by atoms with Gasteiger partial charge < -0.3 is 5.32 Å². The van der Waals surface area contributed by atoms with E-state index in [9.17, 15) is 0 Å². The van der Waals surface area contributed by atoms with Crippen LogP contribution in [0, 0.1) is 6.92 Å². The van der Waals surface area contributed by atoms with Crippen LogP contribution in [0.1, 0.15) is 29.9 Å².